The van der Waals surface area contributed by atoms with Gasteiger partial charge in [0, 0.05) is 28.3 Å². The van der Waals surface area contributed by atoms with Crippen LogP contribution in [0.3, 0.4) is 0 Å². The van der Waals surface area contributed by atoms with Gasteiger partial charge in [-0.25, -0.2) is 0 Å². The lowest BCUT2D eigenvalue weighted by Crippen LogP contribution is -2.26. The Morgan fingerprint density at radius 2 is 2.27 bits per heavy atom. The fourth-order valence-electron chi connectivity index (χ4n) is 1.26. The summed E-state index contributed by atoms with van der Waals surface area (Å²) in [6.07, 6.45) is 0.868. The number of hydrogen-bond donors (Lipinski definition) is 1. The molecule has 0 fully saturated rings. The molecule has 0 bridgehead atoms. The van der Waals surface area contributed by atoms with Crippen LogP contribution in [-0.2, 0) is 16.6 Å². The second-order valence-corrected chi connectivity index (χ2v) is 5.19. The lowest BCUT2D eigenvalue weighted by molar-refractivity contribution is 0.662. The molecule has 2 N–H and O–H groups in total. The van der Waals surface area contributed by atoms with Gasteiger partial charge in [-0.15, -0.1) is 0 Å². The molecule has 0 aromatic carbocycles. The molecule has 15 heavy (non-hydrogen) atoms. The molecule has 1 rings (SSSR count). The molecule has 1 heterocycles. The van der Waals surface area contributed by atoms with Crippen LogP contribution < -0.4 is 5.73 Å². The lowest BCUT2D eigenvalue weighted by atomic mass is 10.3. The first-order valence-corrected chi connectivity index (χ1v) is 6.63. The van der Waals surface area contributed by atoms with E-state index >= 15 is 0 Å². The lowest BCUT2D eigenvalue weighted by Gasteiger charge is -2.08. The zero-order valence-electron chi connectivity index (χ0n) is 9.27. The van der Waals surface area contributed by atoms with Gasteiger partial charge in [0.2, 0.25) is 0 Å². The summed E-state index contributed by atoms with van der Waals surface area (Å²) in [7, 11) is -0.897. The smallest absolute Gasteiger partial charge is 0.0659 e. The predicted octanol–water partition coefficient (Wildman–Crippen LogP) is 1.38. The molecule has 1 aromatic rings. The first-order chi connectivity index (χ1) is 7.11. The average Bonchev–Trinajstić information content (AvgIpc) is 2.17. The Morgan fingerprint density at radius 3 is 2.87 bits per heavy atom. The number of aryl methyl sites for hydroxylation is 1. The van der Waals surface area contributed by atoms with E-state index in [1.165, 1.54) is 0 Å². The van der Waals surface area contributed by atoms with Crippen LogP contribution in [0.25, 0.3) is 0 Å². The fourth-order valence-corrected chi connectivity index (χ4v) is 2.58. The summed E-state index contributed by atoms with van der Waals surface area (Å²) < 4.78 is 11.7. The molecule has 0 aliphatic heterocycles. The summed E-state index contributed by atoms with van der Waals surface area (Å²) in [5, 5.41) is 0. The number of hydrogen-bond acceptors (Lipinski definition) is 3. The molecule has 0 amide bonds. The molecule has 1 aromatic heterocycles. The van der Waals surface area contributed by atoms with Crippen molar-refractivity contribution in [3.8, 4) is 0 Å². The number of aromatic nitrogens is 1. The Morgan fingerprint density at radius 1 is 1.53 bits per heavy atom. The van der Waals surface area contributed by atoms with Crippen molar-refractivity contribution in [1.29, 1.82) is 0 Å². The summed E-state index contributed by atoms with van der Waals surface area (Å²) in [5.74, 6) is 1.07. The van der Waals surface area contributed by atoms with Gasteiger partial charge in [-0.2, -0.15) is 0 Å². The van der Waals surface area contributed by atoms with Crippen LogP contribution in [0.4, 0.5) is 0 Å². The normalized spacial score (nSPS) is 14.9. The van der Waals surface area contributed by atoms with E-state index < -0.39 is 10.8 Å². The van der Waals surface area contributed by atoms with Crippen molar-refractivity contribution in [2.45, 2.75) is 32.1 Å². The first kappa shape index (κ1) is 12.3. The van der Waals surface area contributed by atoms with Crippen LogP contribution in [0.2, 0.25) is 0 Å². The van der Waals surface area contributed by atoms with Gasteiger partial charge in [-0.1, -0.05) is 13.0 Å². The van der Waals surface area contributed by atoms with Crippen LogP contribution in [-0.4, -0.2) is 21.0 Å². The highest BCUT2D eigenvalue weighted by Gasteiger charge is 2.07. The quantitative estimate of drug-likeness (QED) is 0.825. The minimum Gasteiger partial charge on any atom is -0.327 e. The molecule has 0 aliphatic rings. The molecule has 0 saturated carbocycles. The molecular weight excluding hydrogens is 208 g/mol. The van der Waals surface area contributed by atoms with Crippen LogP contribution in [0.5, 0.6) is 0 Å². The zero-order valence-corrected chi connectivity index (χ0v) is 10.1. The van der Waals surface area contributed by atoms with Gasteiger partial charge in [0.1, 0.15) is 0 Å². The van der Waals surface area contributed by atoms with E-state index in [0.29, 0.717) is 11.5 Å². The van der Waals surface area contributed by atoms with Crippen molar-refractivity contribution in [2.24, 2.45) is 5.73 Å². The molecular formula is C11H18N2OS. The third-order valence-corrected chi connectivity index (χ3v) is 3.60. The topological polar surface area (TPSA) is 56.0 Å². The Balaban J connectivity index is 2.51. The van der Waals surface area contributed by atoms with E-state index in [9.17, 15) is 4.21 Å². The summed E-state index contributed by atoms with van der Waals surface area (Å²) in [6.45, 7) is 3.94. The molecule has 2 unspecified atom stereocenters. The Kier molecular flexibility index (Phi) is 4.91. The third kappa shape index (κ3) is 4.53. The second-order valence-electron chi connectivity index (χ2n) is 3.69. The summed E-state index contributed by atoms with van der Waals surface area (Å²) in [5.41, 5.74) is 7.59. The highest BCUT2D eigenvalue weighted by Crippen LogP contribution is 2.03. The number of pyridine rings is 1. The van der Waals surface area contributed by atoms with Crippen LogP contribution >= 0.6 is 0 Å². The minimum absolute atomic E-state index is 0.0376. The fraction of sp³-hybridized carbons (Fsp3) is 0.545. The first-order valence-electron chi connectivity index (χ1n) is 5.15. The van der Waals surface area contributed by atoms with Crippen molar-refractivity contribution >= 4 is 10.8 Å². The summed E-state index contributed by atoms with van der Waals surface area (Å²) in [6, 6.07) is 5.82. The van der Waals surface area contributed by atoms with E-state index in [1.807, 2.05) is 32.0 Å². The van der Waals surface area contributed by atoms with Crippen molar-refractivity contribution < 1.29 is 4.21 Å². The second kappa shape index (κ2) is 5.98. The van der Waals surface area contributed by atoms with Crippen LogP contribution in [0, 0.1) is 6.92 Å². The van der Waals surface area contributed by atoms with E-state index in [2.05, 4.69) is 4.98 Å². The monoisotopic (exact) mass is 226 g/mol. The van der Waals surface area contributed by atoms with E-state index in [0.717, 1.165) is 17.8 Å². The maximum absolute atomic E-state index is 11.7. The molecule has 0 aliphatic carbocycles. The standard InChI is InChI=1S/C11H18N2OS/c1-3-10(12)7-15(14)8-11-6-4-5-9(2)13-11/h4-6,10H,3,7-8,12H2,1-2H3. The van der Waals surface area contributed by atoms with Crippen LogP contribution in [0.15, 0.2) is 18.2 Å². The Hall–Kier alpha value is -0.740. The van der Waals surface area contributed by atoms with E-state index in [-0.39, 0.29) is 6.04 Å². The number of nitrogens with two attached hydrogens (primary N) is 1. The highest BCUT2D eigenvalue weighted by atomic mass is 32.2. The molecule has 0 radical (unpaired) electrons. The van der Waals surface area contributed by atoms with Crippen LogP contribution in [0.1, 0.15) is 24.7 Å². The Labute approximate surface area is 93.6 Å². The zero-order chi connectivity index (χ0) is 11.3. The summed E-state index contributed by atoms with van der Waals surface area (Å²) >= 11 is 0. The average molecular weight is 226 g/mol. The van der Waals surface area contributed by atoms with Crippen molar-refractivity contribution in [2.75, 3.05) is 5.75 Å². The van der Waals surface area contributed by atoms with Gasteiger partial charge >= 0.3 is 0 Å². The SMILES string of the molecule is CCC(N)CS(=O)Cc1cccc(C)n1. The molecule has 0 spiro atoms. The number of nitrogens with zero attached hydrogens (tertiary/aromatic N) is 1. The van der Waals surface area contributed by atoms with Gasteiger partial charge in [-0.05, 0) is 25.5 Å². The molecule has 2 atom stereocenters. The van der Waals surface area contributed by atoms with E-state index in [1.54, 1.807) is 0 Å². The van der Waals surface area contributed by atoms with Gasteiger partial charge in [0.05, 0.1) is 11.4 Å². The minimum atomic E-state index is -0.897. The third-order valence-electron chi connectivity index (χ3n) is 2.18. The predicted molar refractivity (Wildman–Crippen MR) is 64.0 cm³/mol. The van der Waals surface area contributed by atoms with Crippen molar-refractivity contribution in [1.82, 2.24) is 4.98 Å². The molecule has 0 saturated heterocycles. The molecule has 4 heteroatoms. The maximum atomic E-state index is 11.7. The van der Waals surface area contributed by atoms with Crippen molar-refractivity contribution in [3.63, 3.8) is 0 Å². The van der Waals surface area contributed by atoms with Gasteiger partial charge in [0.15, 0.2) is 0 Å². The van der Waals surface area contributed by atoms with Crippen molar-refractivity contribution in [3.05, 3.63) is 29.6 Å². The van der Waals surface area contributed by atoms with E-state index in [4.69, 9.17) is 5.73 Å². The van der Waals surface area contributed by atoms with Gasteiger partial charge < -0.3 is 5.73 Å². The molecule has 3 nitrogen and oxygen atoms in total. The van der Waals surface area contributed by atoms with Gasteiger partial charge in [-0.3, -0.25) is 9.19 Å². The van der Waals surface area contributed by atoms with Gasteiger partial charge in [0.25, 0.3) is 0 Å². The highest BCUT2D eigenvalue weighted by molar-refractivity contribution is 7.84. The number of rotatable bonds is 5. The Bertz CT molecular complexity index is 341. The maximum Gasteiger partial charge on any atom is 0.0659 e. The molecule has 84 valence electrons. The summed E-state index contributed by atoms with van der Waals surface area (Å²) in [4.78, 5) is 4.31. The largest absolute Gasteiger partial charge is 0.327 e.